The van der Waals surface area contributed by atoms with Gasteiger partial charge in [-0.2, -0.15) is 0 Å². The lowest BCUT2D eigenvalue weighted by Crippen LogP contribution is -2.15. The van der Waals surface area contributed by atoms with E-state index in [1.54, 1.807) is 24.3 Å². The van der Waals surface area contributed by atoms with Crippen LogP contribution in [-0.2, 0) is 17.6 Å². The molecule has 2 rings (SSSR count). The van der Waals surface area contributed by atoms with Crippen molar-refractivity contribution in [2.75, 3.05) is 5.32 Å². The van der Waals surface area contributed by atoms with Crippen molar-refractivity contribution in [3.8, 4) is 0 Å². The van der Waals surface area contributed by atoms with Crippen molar-refractivity contribution in [1.82, 2.24) is 15.2 Å². The maximum Gasteiger partial charge on any atom is 0.295 e. The first-order chi connectivity index (χ1) is 9.58. The third-order valence-electron chi connectivity index (χ3n) is 2.66. The summed E-state index contributed by atoms with van der Waals surface area (Å²) in [5.74, 6) is -0.0202. The third kappa shape index (κ3) is 3.41. The second kappa shape index (κ2) is 5.96. The minimum atomic E-state index is -0.394. The maximum atomic E-state index is 11.9. The third-order valence-corrected chi connectivity index (χ3v) is 2.66. The van der Waals surface area contributed by atoms with Gasteiger partial charge in [0.05, 0.1) is 6.42 Å². The van der Waals surface area contributed by atoms with Crippen molar-refractivity contribution in [1.29, 1.82) is 0 Å². The number of nitrogens with one attached hydrogen (secondary N) is 2. The number of benzene rings is 1. The highest BCUT2D eigenvalue weighted by Crippen LogP contribution is 2.11. The summed E-state index contributed by atoms with van der Waals surface area (Å²) in [6.07, 6.45) is 0.858. The number of carbonyl (C=O) groups excluding carboxylic acids is 2. The van der Waals surface area contributed by atoms with E-state index >= 15 is 0 Å². The van der Waals surface area contributed by atoms with Crippen molar-refractivity contribution in [3.05, 3.63) is 41.5 Å². The zero-order valence-electron chi connectivity index (χ0n) is 11.0. The predicted octanol–water partition coefficient (Wildman–Crippen LogP) is 0.647. The van der Waals surface area contributed by atoms with Crippen LogP contribution in [0.4, 0.5) is 5.69 Å². The Morgan fingerprint density at radius 2 is 2.00 bits per heavy atom. The smallest absolute Gasteiger partial charge is 0.295 e. The Balaban J connectivity index is 2.02. The quantitative estimate of drug-likeness (QED) is 0.742. The average Bonchev–Trinajstić information content (AvgIpc) is 2.89. The molecule has 7 heteroatoms. The van der Waals surface area contributed by atoms with E-state index in [1.807, 2.05) is 6.92 Å². The standard InChI is InChI=1S/C13H15N5O2/c1-2-11-16-12(18-17-11)13(20)15-9-5-3-8(4-6-9)7-10(14)19/h3-6H,2,7H2,1H3,(H2,14,19)(H,15,20)(H,16,17,18). The van der Waals surface area contributed by atoms with Gasteiger partial charge in [0.25, 0.3) is 5.91 Å². The molecule has 104 valence electrons. The molecule has 1 heterocycles. The number of aryl methyl sites for hydroxylation is 1. The van der Waals surface area contributed by atoms with Crippen LogP contribution in [0, 0.1) is 0 Å². The van der Waals surface area contributed by atoms with Crippen LogP contribution >= 0.6 is 0 Å². The molecule has 1 aromatic heterocycles. The van der Waals surface area contributed by atoms with Gasteiger partial charge in [-0.25, -0.2) is 4.98 Å². The van der Waals surface area contributed by atoms with Crippen LogP contribution in [0.1, 0.15) is 28.9 Å². The van der Waals surface area contributed by atoms with Gasteiger partial charge in [0.2, 0.25) is 11.7 Å². The molecule has 1 aromatic carbocycles. The van der Waals surface area contributed by atoms with Crippen LogP contribution in [0.15, 0.2) is 24.3 Å². The molecule has 0 spiro atoms. The molecular formula is C13H15N5O2. The lowest BCUT2D eigenvalue weighted by molar-refractivity contribution is -0.117. The zero-order valence-corrected chi connectivity index (χ0v) is 11.0. The van der Waals surface area contributed by atoms with Crippen molar-refractivity contribution < 1.29 is 9.59 Å². The average molecular weight is 273 g/mol. The Kier molecular flexibility index (Phi) is 4.09. The van der Waals surface area contributed by atoms with Gasteiger partial charge in [0.1, 0.15) is 5.82 Å². The van der Waals surface area contributed by atoms with Gasteiger partial charge >= 0.3 is 0 Å². The minimum Gasteiger partial charge on any atom is -0.369 e. The molecular weight excluding hydrogens is 258 g/mol. The predicted molar refractivity (Wildman–Crippen MR) is 73.1 cm³/mol. The Labute approximate surface area is 115 Å². The van der Waals surface area contributed by atoms with Crippen molar-refractivity contribution in [2.45, 2.75) is 19.8 Å². The van der Waals surface area contributed by atoms with Crippen LogP contribution in [0.3, 0.4) is 0 Å². The molecule has 0 aliphatic heterocycles. The Morgan fingerprint density at radius 3 is 2.55 bits per heavy atom. The number of hydrogen-bond acceptors (Lipinski definition) is 4. The van der Waals surface area contributed by atoms with Gasteiger partial charge in [0.15, 0.2) is 0 Å². The fourth-order valence-corrected chi connectivity index (χ4v) is 1.65. The van der Waals surface area contributed by atoms with Crippen molar-refractivity contribution in [3.63, 3.8) is 0 Å². The molecule has 20 heavy (non-hydrogen) atoms. The number of aromatic nitrogens is 3. The second-order valence-electron chi connectivity index (χ2n) is 4.25. The molecule has 0 saturated heterocycles. The van der Waals surface area contributed by atoms with E-state index < -0.39 is 5.91 Å². The normalized spacial score (nSPS) is 10.2. The molecule has 0 bridgehead atoms. The van der Waals surface area contributed by atoms with E-state index in [4.69, 9.17) is 5.73 Å². The van der Waals surface area contributed by atoms with E-state index in [2.05, 4.69) is 20.5 Å². The minimum absolute atomic E-state index is 0.100. The van der Waals surface area contributed by atoms with Crippen molar-refractivity contribution >= 4 is 17.5 Å². The van der Waals surface area contributed by atoms with Crippen LogP contribution in [0.2, 0.25) is 0 Å². The van der Waals surface area contributed by atoms with Crippen molar-refractivity contribution in [2.24, 2.45) is 5.73 Å². The number of aromatic amines is 1. The number of amides is 2. The molecule has 0 fully saturated rings. The van der Waals surface area contributed by atoms with Gasteiger partial charge in [-0.15, -0.1) is 5.10 Å². The molecule has 2 aromatic rings. The molecule has 0 atom stereocenters. The summed E-state index contributed by atoms with van der Waals surface area (Å²) in [6, 6.07) is 6.86. The number of anilines is 1. The maximum absolute atomic E-state index is 11.9. The van der Waals surface area contributed by atoms with Gasteiger partial charge < -0.3 is 11.1 Å². The SMILES string of the molecule is CCc1nc(C(=O)Nc2ccc(CC(N)=O)cc2)n[nH]1. The highest BCUT2D eigenvalue weighted by Gasteiger charge is 2.12. The first-order valence-corrected chi connectivity index (χ1v) is 6.18. The van der Waals surface area contributed by atoms with Gasteiger partial charge in [-0.1, -0.05) is 19.1 Å². The number of nitrogens with two attached hydrogens (primary N) is 1. The van der Waals surface area contributed by atoms with E-state index in [9.17, 15) is 9.59 Å². The molecule has 4 N–H and O–H groups in total. The topological polar surface area (TPSA) is 114 Å². The van der Waals surface area contributed by atoms with Crippen LogP contribution < -0.4 is 11.1 Å². The monoisotopic (exact) mass is 273 g/mol. The highest BCUT2D eigenvalue weighted by atomic mass is 16.2. The largest absolute Gasteiger partial charge is 0.369 e. The summed E-state index contributed by atoms with van der Waals surface area (Å²) in [4.78, 5) is 26.7. The second-order valence-corrected chi connectivity index (χ2v) is 4.25. The van der Waals surface area contributed by atoms with Crippen LogP contribution in [0.25, 0.3) is 0 Å². The molecule has 0 aliphatic carbocycles. The summed E-state index contributed by atoms with van der Waals surface area (Å²) >= 11 is 0. The number of primary amides is 1. The summed E-state index contributed by atoms with van der Waals surface area (Å²) in [5, 5.41) is 9.19. The van der Waals surface area contributed by atoms with Crippen LogP contribution in [0.5, 0.6) is 0 Å². The first kappa shape index (κ1) is 13.7. The molecule has 0 radical (unpaired) electrons. The summed E-state index contributed by atoms with van der Waals surface area (Å²) in [5.41, 5.74) is 6.50. The fraction of sp³-hybridized carbons (Fsp3) is 0.231. The lowest BCUT2D eigenvalue weighted by atomic mass is 10.1. The molecule has 0 saturated carbocycles. The van der Waals surface area contributed by atoms with Gasteiger partial charge in [-0.05, 0) is 17.7 Å². The van der Waals surface area contributed by atoms with E-state index in [-0.39, 0.29) is 18.2 Å². The number of rotatable bonds is 5. The Hall–Kier alpha value is -2.70. The molecule has 2 amide bonds. The Bertz CT molecular complexity index is 618. The van der Waals surface area contributed by atoms with E-state index in [0.29, 0.717) is 17.9 Å². The molecule has 0 unspecified atom stereocenters. The zero-order chi connectivity index (χ0) is 14.5. The summed E-state index contributed by atoms with van der Waals surface area (Å²) in [7, 11) is 0. The highest BCUT2D eigenvalue weighted by molar-refractivity contribution is 6.01. The fourth-order valence-electron chi connectivity index (χ4n) is 1.65. The number of carbonyl (C=O) groups is 2. The number of nitrogens with zero attached hydrogens (tertiary/aromatic N) is 2. The van der Waals surface area contributed by atoms with Gasteiger partial charge in [-0.3, -0.25) is 14.7 Å². The lowest BCUT2D eigenvalue weighted by Gasteiger charge is -2.03. The summed E-state index contributed by atoms with van der Waals surface area (Å²) < 4.78 is 0. The molecule has 0 aliphatic rings. The van der Waals surface area contributed by atoms with Crippen LogP contribution in [-0.4, -0.2) is 27.0 Å². The molecule has 7 nitrogen and oxygen atoms in total. The Morgan fingerprint density at radius 1 is 1.30 bits per heavy atom. The van der Waals surface area contributed by atoms with E-state index in [1.165, 1.54) is 0 Å². The summed E-state index contributed by atoms with van der Waals surface area (Å²) in [6.45, 7) is 1.92. The number of hydrogen-bond donors (Lipinski definition) is 3. The van der Waals surface area contributed by atoms with E-state index in [0.717, 1.165) is 5.56 Å². The first-order valence-electron chi connectivity index (χ1n) is 6.18. The number of H-pyrrole nitrogens is 1. The van der Waals surface area contributed by atoms with Gasteiger partial charge in [0, 0.05) is 12.1 Å².